The fraction of sp³-hybridized carbons (Fsp3) is 0.222. The monoisotopic (exact) mass is 395 g/mol. The SMILES string of the molecule is CC(=Cc1ccc(C)cc1)C1=NN(c2ccccc2)C(c2ccc(N(C)C)cc2)C1. The van der Waals surface area contributed by atoms with Gasteiger partial charge in [0.2, 0.25) is 0 Å². The normalized spacial score (nSPS) is 16.5. The molecule has 0 radical (unpaired) electrons. The van der Waals surface area contributed by atoms with Crippen LogP contribution in [0.5, 0.6) is 0 Å². The second-order valence-electron chi connectivity index (χ2n) is 8.17. The van der Waals surface area contributed by atoms with Crippen molar-refractivity contribution in [3.63, 3.8) is 0 Å². The molecule has 3 aromatic carbocycles. The highest BCUT2D eigenvalue weighted by Gasteiger charge is 2.29. The first kappa shape index (κ1) is 20.0. The first-order valence-corrected chi connectivity index (χ1v) is 10.5. The summed E-state index contributed by atoms with van der Waals surface area (Å²) >= 11 is 0. The molecule has 3 heteroatoms. The molecule has 1 aliphatic heterocycles. The van der Waals surface area contributed by atoms with Gasteiger partial charge in [-0.25, -0.2) is 0 Å². The van der Waals surface area contributed by atoms with Crippen molar-refractivity contribution in [3.05, 3.63) is 101 Å². The summed E-state index contributed by atoms with van der Waals surface area (Å²) in [7, 11) is 4.14. The smallest absolute Gasteiger partial charge is 0.0831 e. The maximum atomic E-state index is 5.06. The van der Waals surface area contributed by atoms with Crippen LogP contribution in [-0.2, 0) is 0 Å². The van der Waals surface area contributed by atoms with Gasteiger partial charge in [-0.15, -0.1) is 0 Å². The number of para-hydroxylation sites is 1. The molecule has 3 nitrogen and oxygen atoms in total. The lowest BCUT2D eigenvalue weighted by Gasteiger charge is -2.24. The second-order valence-corrected chi connectivity index (χ2v) is 8.17. The fourth-order valence-electron chi connectivity index (χ4n) is 3.82. The third kappa shape index (κ3) is 4.30. The Bertz CT molecular complexity index is 1050. The van der Waals surface area contributed by atoms with Crippen LogP contribution in [0.1, 0.15) is 36.1 Å². The van der Waals surface area contributed by atoms with Gasteiger partial charge in [-0.3, -0.25) is 5.01 Å². The molecule has 1 heterocycles. The number of hydrazone groups is 1. The van der Waals surface area contributed by atoms with E-state index in [1.807, 2.05) is 6.07 Å². The van der Waals surface area contributed by atoms with Crippen molar-refractivity contribution in [3.8, 4) is 0 Å². The molecule has 4 rings (SSSR count). The Morgan fingerprint density at radius 2 is 1.60 bits per heavy atom. The van der Waals surface area contributed by atoms with Crippen molar-refractivity contribution >= 4 is 23.2 Å². The van der Waals surface area contributed by atoms with Gasteiger partial charge in [-0.05, 0) is 54.8 Å². The summed E-state index contributed by atoms with van der Waals surface area (Å²) in [6.45, 7) is 4.28. The van der Waals surface area contributed by atoms with Crippen molar-refractivity contribution in [2.75, 3.05) is 24.0 Å². The Morgan fingerprint density at radius 3 is 2.23 bits per heavy atom. The third-order valence-corrected chi connectivity index (χ3v) is 5.64. The van der Waals surface area contributed by atoms with Crippen LogP contribution in [0.4, 0.5) is 11.4 Å². The summed E-state index contributed by atoms with van der Waals surface area (Å²) < 4.78 is 0. The minimum absolute atomic E-state index is 0.194. The van der Waals surface area contributed by atoms with E-state index in [9.17, 15) is 0 Å². The summed E-state index contributed by atoms with van der Waals surface area (Å²) in [5, 5.41) is 7.23. The van der Waals surface area contributed by atoms with Gasteiger partial charge in [0.15, 0.2) is 0 Å². The van der Waals surface area contributed by atoms with E-state index in [0.717, 1.165) is 17.8 Å². The van der Waals surface area contributed by atoms with E-state index in [1.165, 1.54) is 28.0 Å². The second kappa shape index (κ2) is 8.58. The Balaban J connectivity index is 1.66. The van der Waals surface area contributed by atoms with E-state index in [4.69, 9.17) is 5.10 Å². The van der Waals surface area contributed by atoms with Crippen molar-refractivity contribution in [2.45, 2.75) is 26.3 Å². The Labute approximate surface area is 180 Å². The summed E-state index contributed by atoms with van der Waals surface area (Å²) in [6, 6.07) is 28.1. The third-order valence-electron chi connectivity index (χ3n) is 5.64. The largest absolute Gasteiger partial charge is 0.378 e. The summed E-state index contributed by atoms with van der Waals surface area (Å²) in [5.74, 6) is 0. The van der Waals surface area contributed by atoms with Gasteiger partial charge >= 0.3 is 0 Å². The van der Waals surface area contributed by atoms with Gasteiger partial charge in [0.25, 0.3) is 0 Å². The number of aryl methyl sites for hydroxylation is 1. The average molecular weight is 396 g/mol. The molecule has 0 aromatic heterocycles. The molecule has 3 aromatic rings. The van der Waals surface area contributed by atoms with Gasteiger partial charge in [0, 0.05) is 26.2 Å². The van der Waals surface area contributed by atoms with Crippen molar-refractivity contribution in [1.82, 2.24) is 0 Å². The Morgan fingerprint density at radius 1 is 0.933 bits per heavy atom. The zero-order valence-electron chi connectivity index (χ0n) is 18.2. The van der Waals surface area contributed by atoms with Gasteiger partial charge in [-0.1, -0.05) is 66.2 Å². The number of hydrogen-bond donors (Lipinski definition) is 0. The predicted molar refractivity (Wildman–Crippen MR) is 129 cm³/mol. The first-order valence-electron chi connectivity index (χ1n) is 10.5. The number of hydrogen-bond acceptors (Lipinski definition) is 3. The molecule has 0 saturated carbocycles. The molecule has 1 aliphatic rings. The summed E-state index contributed by atoms with van der Waals surface area (Å²) in [5.41, 5.74) is 8.46. The summed E-state index contributed by atoms with van der Waals surface area (Å²) in [4.78, 5) is 2.13. The highest BCUT2D eigenvalue weighted by Crippen LogP contribution is 2.37. The van der Waals surface area contributed by atoms with Crippen LogP contribution in [0.25, 0.3) is 6.08 Å². The Hall–Kier alpha value is -3.33. The lowest BCUT2D eigenvalue weighted by molar-refractivity contribution is 0.709. The highest BCUT2D eigenvalue weighted by atomic mass is 15.5. The average Bonchev–Trinajstić information content (AvgIpc) is 3.22. The fourth-order valence-corrected chi connectivity index (χ4v) is 3.82. The first-order chi connectivity index (χ1) is 14.5. The van der Waals surface area contributed by atoms with Crippen molar-refractivity contribution in [2.24, 2.45) is 5.10 Å². The van der Waals surface area contributed by atoms with Crippen LogP contribution in [0.2, 0.25) is 0 Å². The van der Waals surface area contributed by atoms with Crippen LogP contribution < -0.4 is 9.91 Å². The topological polar surface area (TPSA) is 18.8 Å². The van der Waals surface area contributed by atoms with Crippen LogP contribution in [-0.4, -0.2) is 19.8 Å². The number of nitrogens with zero attached hydrogens (tertiary/aromatic N) is 3. The van der Waals surface area contributed by atoms with E-state index in [1.54, 1.807) is 0 Å². The molecular weight excluding hydrogens is 366 g/mol. The van der Waals surface area contributed by atoms with E-state index in [2.05, 4.69) is 117 Å². The standard InChI is InChI=1S/C27H29N3/c1-20-10-12-22(13-11-20)18-21(2)26-19-27(23-14-16-24(17-15-23)29(3)4)30(28-26)25-8-6-5-7-9-25/h5-18,27H,19H2,1-4H3. The Kier molecular flexibility index (Phi) is 5.71. The van der Waals surface area contributed by atoms with E-state index >= 15 is 0 Å². The maximum Gasteiger partial charge on any atom is 0.0831 e. The highest BCUT2D eigenvalue weighted by molar-refractivity contribution is 6.05. The number of rotatable bonds is 5. The molecule has 0 N–H and O–H groups in total. The quantitative estimate of drug-likeness (QED) is 0.493. The van der Waals surface area contributed by atoms with Crippen LogP contribution >= 0.6 is 0 Å². The predicted octanol–water partition coefficient (Wildman–Crippen LogP) is 6.47. The minimum atomic E-state index is 0.194. The molecule has 0 bridgehead atoms. The number of allylic oxidation sites excluding steroid dienone is 1. The van der Waals surface area contributed by atoms with E-state index < -0.39 is 0 Å². The zero-order valence-corrected chi connectivity index (χ0v) is 18.2. The molecule has 0 amide bonds. The van der Waals surface area contributed by atoms with Gasteiger partial charge in [-0.2, -0.15) is 5.10 Å². The number of anilines is 2. The summed E-state index contributed by atoms with van der Waals surface area (Å²) in [6.07, 6.45) is 3.13. The molecule has 152 valence electrons. The minimum Gasteiger partial charge on any atom is -0.378 e. The van der Waals surface area contributed by atoms with E-state index in [-0.39, 0.29) is 6.04 Å². The molecule has 1 atom stereocenters. The molecule has 1 unspecified atom stereocenters. The van der Waals surface area contributed by atoms with Crippen molar-refractivity contribution < 1.29 is 0 Å². The molecule has 0 fully saturated rings. The molecule has 0 saturated heterocycles. The van der Waals surface area contributed by atoms with Gasteiger partial charge < -0.3 is 4.90 Å². The molecular formula is C27H29N3. The van der Waals surface area contributed by atoms with Crippen LogP contribution in [0.15, 0.2) is 89.5 Å². The van der Waals surface area contributed by atoms with Crippen LogP contribution in [0.3, 0.4) is 0 Å². The molecule has 30 heavy (non-hydrogen) atoms. The van der Waals surface area contributed by atoms with E-state index in [0.29, 0.717) is 0 Å². The van der Waals surface area contributed by atoms with Crippen molar-refractivity contribution in [1.29, 1.82) is 0 Å². The van der Waals surface area contributed by atoms with Crippen LogP contribution in [0, 0.1) is 6.92 Å². The zero-order chi connectivity index (χ0) is 21.1. The lowest BCUT2D eigenvalue weighted by Crippen LogP contribution is -2.18. The molecule has 0 aliphatic carbocycles. The molecule has 0 spiro atoms. The van der Waals surface area contributed by atoms with Gasteiger partial charge in [0.1, 0.15) is 0 Å². The lowest BCUT2D eigenvalue weighted by atomic mass is 9.97. The van der Waals surface area contributed by atoms with Gasteiger partial charge in [0.05, 0.1) is 17.4 Å². The maximum absolute atomic E-state index is 5.06. The number of benzene rings is 3.